The SMILES string of the molecule is Cl.N[C@@H](CCCO)c1ccccc1Sc1ccc(Cl)cc1. The average molecular weight is 344 g/mol. The number of nitrogens with two attached hydrogens (primary N) is 1. The highest BCUT2D eigenvalue weighted by Crippen LogP contribution is 2.34. The molecule has 0 aliphatic heterocycles. The number of halogens is 2. The van der Waals surface area contributed by atoms with Crippen molar-refractivity contribution in [3.05, 3.63) is 59.1 Å². The van der Waals surface area contributed by atoms with Gasteiger partial charge in [0.15, 0.2) is 0 Å². The molecule has 2 rings (SSSR count). The van der Waals surface area contributed by atoms with Crippen molar-refractivity contribution < 1.29 is 5.11 Å². The van der Waals surface area contributed by atoms with Gasteiger partial charge in [-0.2, -0.15) is 0 Å². The van der Waals surface area contributed by atoms with Crippen molar-refractivity contribution in [2.45, 2.75) is 28.7 Å². The van der Waals surface area contributed by atoms with Crippen molar-refractivity contribution in [3.63, 3.8) is 0 Å². The molecule has 0 aromatic heterocycles. The number of hydrogen-bond acceptors (Lipinski definition) is 3. The van der Waals surface area contributed by atoms with Gasteiger partial charge < -0.3 is 10.8 Å². The second-order valence-electron chi connectivity index (χ2n) is 4.57. The Morgan fingerprint density at radius 1 is 1.10 bits per heavy atom. The molecule has 0 heterocycles. The zero-order valence-corrected chi connectivity index (χ0v) is 13.9. The Balaban J connectivity index is 0.00000220. The molecule has 3 N–H and O–H groups in total. The smallest absolute Gasteiger partial charge is 0.0431 e. The van der Waals surface area contributed by atoms with E-state index in [9.17, 15) is 0 Å². The number of aliphatic hydroxyl groups excluding tert-OH is 1. The lowest BCUT2D eigenvalue weighted by Crippen LogP contribution is -2.11. The predicted octanol–water partition coefficient (Wildman–Crippen LogP) is 4.69. The molecule has 21 heavy (non-hydrogen) atoms. The second kappa shape index (κ2) is 9.34. The van der Waals surface area contributed by atoms with E-state index in [1.165, 1.54) is 0 Å². The minimum absolute atomic E-state index is 0. The molecule has 0 aliphatic carbocycles. The van der Waals surface area contributed by atoms with E-state index in [2.05, 4.69) is 12.1 Å². The molecule has 2 aromatic carbocycles. The van der Waals surface area contributed by atoms with Crippen LogP contribution in [0.2, 0.25) is 5.02 Å². The van der Waals surface area contributed by atoms with Crippen LogP contribution in [0.3, 0.4) is 0 Å². The summed E-state index contributed by atoms with van der Waals surface area (Å²) >= 11 is 7.58. The minimum Gasteiger partial charge on any atom is -0.396 e. The largest absolute Gasteiger partial charge is 0.396 e. The topological polar surface area (TPSA) is 46.2 Å². The van der Waals surface area contributed by atoms with Crippen molar-refractivity contribution in [1.82, 2.24) is 0 Å². The van der Waals surface area contributed by atoms with E-state index in [-0.39, 0.29) is 25.1 Å². The molecule has 0 saturated heterocycles. The van der Waals surface area contributed by atoms with Crippen LogP contribution in [-0.2, 0) is 0 Å². The van der Waals surface area contributed by atoms with Gasteiger partial charge in [-0.15, -0.1) is 12.4 Å². The zero-order chi connectivity index (χ0) is 14.4. The van der Waals surface area contributed by atoms with Gasteiger partial charge in [0, 0.05) is 27.5 Å². The van der Waals surface area contributed by atoms with Crippen molar-refractivity contribution in [1.29, 1.82) is 0 Å². The van der Waals surface area contributed by atoms with Gasteiger partial charge in [0.05, 0.1) is 0 Å². The summed E-state index contributed by atoms with van der Waals surface area (Å²) < 4.78 is 0. The summed E-state index contributed by atoms with van der Waals surface area (Å²) in [7, 11) is 0. The third kappa shape index (κ3) is 5.53. The Bertz CT molecular complexity index is 548. The fourth-order valence-corrected chi connectivity index (χ4v) is 3.11. The molecule has 0 fully saturated rings. The number of hydrogen-bond donors (Lipinski definition) is 2. The van der Waals surface area contributed by atoms with Crippen molar-refractivity contribution >= 4 is 35.8 Å². The molecule has 114 valence electrons. The van der Waals surface area contributed by atoms with Gasteiger partial charge in [0.1, 0.15) is 0 Å². The van der Waals surface area contributed by atoms with Gasteiger partial charge in [-0.05, 0) is 48.7 Å². The first-order chi connectivity index (χ1) is 9.70. The second-order valence-corrected chi connectivity index (χ2v) is 6.12. The fraction of sp³-hybridized carbons (Fsp3) is 0.250. The van der Waals surface area contributed by atoms with Gasteiger partial charge in [-0.25, -0.2) is 0 Å². The van der Waals surface area contributed by atoms with E-state index in [1.54, 1.807) is 11.8 Å². The first kappa shape index (κ1) is 18.3. The Hall–Kier alpha value is -0.710. The summed E-state index contributed by atoms with van der Waals surface area (Å²) in [6.07, 6.45) is 1.51. The van der Waals surface area contributed by atoms with Crippen LogP contribution in [-0.4, -0.2) is 11.7 Å². The van der Waals surface area contributed by atoms with E-state index in [0.29, 0.717) is 0 Å². The third-order valence-electron chi connectivity index (χ3n) is 3.03. The maximum absolute atomic E-state index is 8.92. The maximum atomic E-state index is 8.92. The number of aliphatic hydroxyl groups is 1. The predicted molar refractivity (Wildman–Crippen MR) is 92.5 cm³/mol. The quantitative estimate of drug-likeness (QED) is 0.799. The Morgan fingerprint density at radius 2 is 1.76 bits per heavy atom. The Kier molecular flexibility index (Phi) is 8.15. The van der Waals surface area contributed by atoms with Gasteiger partial charge in [-0.3, -0.25) is 0 Å². The van der Waals surface area contributed by atoms with Gasteiger partial charge in [0.2, 0.25) is 0 Å². The summed E-state index contributed by atoms with van der Waals surface area (Å²) in [5, 5.41) is 9.66. The van der Waals surface area contributed by atoms with Crippen LogP contribution in [0.4, 0.5) is 0 Å². The lowest BCUT2D eigenvalue weighted by molar-refractivity contribution is 0.279. The lowest BCUT2D eigenvalue weighted by atomic mass is 10.0. The molecule has 5 heteroatoms. The molecule has 2 nitrogen and oxygen atoms in total. The van der Waals surface area contributed by atoms with E-state index in [0.717, 1.165) is 33.2 Å². The molecule has 0 unspecified atom stereocenters. The fourth-order valence-electron chi connectivity index (χ4n) is 1.98. The van der Waals surface area contributed by atoms with Gasteiger partial charge in [0.25, 0.3) is 0 Å². The van der Waals surface area contributed by atoms with Crippen molar-refractivity contribution in [3.8, 4) is 0 Å². The minimum atomic E-state index is -0.0434. The van der Waals surface area contributed by atoms with E-state index >= 15 is 0 Å². The normalized spacial score (nSPS) is 11.8. The van der Waals surface area contributed by atoms with Crippen LogP contribution in [0.15, 0.2) is 58.3 Å². The highest BCUT2D eigenvalue weighted by atomic mass is 35.5. The molecule has 1 atom stereocenters. The Labute approximate surface area is 141 Å². The summed E-state index contributed by atoms with van der Waals surface area (Å²) in [6, 6.07) is 15.9. The Morgan fingerprint density at radius 3 is 2.43 bits per heavy atom. The molecule has 0 bridgehead atoms. The van der Waals surface area contributed by atoms with Crippen molar-refractivity contribution in [2.24, 2.45) is 5.73 Å². The highest BCUT2D eigenvalue weighted by Gasteiger charge is 2.11. The monoisotopic (exact) mass is 343 g/mol. The zero-order valence-electron chi connectivity index (χ0n) is 11.5. The molecule has 0 saturated carbocycles. The van der Waals surface area contributed by atoms with E-state index in [1.807, 2.05) is 36.4 Å². The van der Waals surface area contributed by atoms with Crippen LogP contribution in [0, 0.1) is 0 Å². The van der Waals surface area contributed by atoms with Crippen LogP contribution in [0.1, 0.15) is 24.4 Å². The van der Waals surface area contributed by atoms with Gasteiger partial charge in [-0.1, -0.05) is 41.6 Å². The first-order valence-corrected chi connectivity index (χ1v) is 7.79. The average Bonchev–Trinajstić information content (AvgIpc) is 2.48. The van der Waals surface area contributed by atoms with Crippen molar-refractivity contribution in [2.75, 3.05) is 6.61 Å². The van der Waals surface area contributed by atoms with Gasteiger partial charge >= 0.3 is 0 Å². The molecule has 0 amide bonds. The summed E-state index contributed by atoms with van der Waals surface area (Å²) in [4.78, 5) is 2.29. The first-order valence-electron chi connectivity index (χ1n) is 6.59. The number of rotatable bonds is 6. The molecular weight excluding hydrogens is 325 g/mol. The standard InChI is InChI=1S/C16H18ClNOS.ClH/c17-12-7-9-13(10-8-12)20-16-6-2-1-4-14(16)15(18)5-3-11-19;/h1-2,4,6-10,15,19H,3,5,11,18H2;1H/t15-;/m0./s1. The van der Waals surface area contributed by atoms with Crippen LogP contribution >= 0.6 is 35.8 Å². The highest BCUT2D eigenvalue weighted by molar-refractivity contribution is 7.99. The molecule has 2 aromatic rings. The summed E-state index contributed by atoms with van der Waals surface area (Å²) in [5.41, 5.74) is 7.34. The number of benzene rings is 2. The van der Waals surface area contributed by atoms with Crippen LogP contribution in [0.5, 0.6) is 0 Å². The molecule has 0 aliphatic rings. The maximum Gasteiger partial charge on any atom is 0.0431 e. The summed E-state index contributed by atoms with van der Waals surface area (Å²) in [5.74, 6) is 0. The molecular formula is C16H19Cl2NOS. The third-order valence-corrected chi connectivity index (χ3v) is 4.38. The van der Waals surface area contributed by atoms with Crippen LogP contribution in [0.25, 0.3) is 0 Å². The lowest BCUT2D eigenvalue weighted by Gasteiger charge is -2.15. The molecule has 0 radical (unpaired) electrons. The van der Waals surface area contributed by atoms with E-state index < -0.39 is 0 Å². The summed E-state index contributed by atoms with van der Waals surface area (Å²) in [6.45, 7) is 0.181. The van der Waals surface area contributed by atoms with E-state index in [4.69, 9.17) is 22.4 Å². The molecule has 0 spiro atoms. The van der Waals surface area contributed by atoms with Crippen LogP contribution < -0.4 is 5.73 Å².